The molecule has 2 rings (SSSR count). The van der Waals surface area contributed by atoms with Gasteiger partial charge in [0.2, 0.25) is 0 Å². The molecule has 1 aromatic rings. The van der Waals surface area contributed by atoms with Gasteiger partial charge in [-0.05, 0) is 38.0 Å². The van der Waals surface area contributed by atoms with Crippen molar-refractivity contribution in [1.82, 2.24) is 15.3 Å². The maximum atomic E-state index is 4.74. The average molecular weight is 265 g/mol. The molecule has 1 N–H and O–H groups in total. The number of thioether (sulfide) groups is 1. The second kappa shape index (κ2) is 6.53. The molecule has 1 aliphatic rings. The van der Waals surface area contributed by atoms with Crippen LogP contribution >= 0.6 is 11.8 Å². The highest BCUT2D eigenvalue weighted by Gasteiger charge is 2.20. The predicted molar refractivity (Wildman–Crippen MR) is 77.8 cm³/mol. The van der Waals surface area contributed by atoms with Crippen LogP contribution in [0, 0.1) is 5.92 Å². The summed E-state index contributed by atoms with van der Waals surface area (Å²) in [6.45, 7) is 4.50. The fourth-order valence-electron chi connectivity index (χ4n) is 2.34. The molecule has 0 aliphatic heterocycles. The van der Waals surface area contributed by atoms with Crippen molar-refractivity contribution in [2.24, 2.45) is 5.92 Å². The van der Waals surface area contributed by atoms with Crippen LogP contribution in [0.5, 0.6) is 0 Å². The van der Waals surface area contributed by atoms with Gasteiger partial charge in [0.25, 0.3) is 0 Å². The number of fused-ring (bicyclic) bond motifs is 1. The van der Waals surface area contributed by atoms with Gasteiger partial charge in [0.1, 0.15) is 5.82 Å². The number of nitrogens with zero attached hydrogens (tertiary/aromatic N) is 2. The Balaban J connectivity index is 2.02. The smallest absolute Gasteiger partial charge is 0.138 e. The van der Waals surface area contributed by atoms with Gasteiger partial charge in [-0.2, -0.15) is 11.8 Å². The van der Waals surface area contributed by atoms with Gasteiger partial charge in [0.05, 0.1) is 5.75 Å². The van der Waals surface area contributed by atoms with E-state index < -0.39 is 0 Å². The Hall–Kier alpha value is -0.610. The minimum atomic E-state index is 0.450. The molecule has 0 bridgehead atoms. The lowest BCUT2D eigenvalue weighted by Crippen LogP contribution is -2.23. The highest BCUT2D eigenvalue weighted by atomic mass is 32.2. The molecule has 0 aromatic carbocycles. The third-order valence-electron chi connectivity index (χ3n) is 3.26. The summed E-state index contributed by atoms with van der Waals surface area (Å²) in [5, 5.41) is 3.35. The van der Waals surface area contributed by atoms with E-state index in [0.717, 1.165) is 23.9 Å². The van der Waals surface area contributed by atoms with E-state index in [1.54, 1.807) is 0 Å². The molecule has 1 heterocycles. The Labute approximate surface area is 114 Å². The van der Waals surface area contributed by atoms with Crippen LogP contribution in [0.3, 0.4) is 0 Å². The quantitative estimate of drug-likeness (QED) is 0.888. The fraction of sp³-hybridized carbons (Fsp3) is 0.714. The number of aromatic nitrogens is 2. The molecule has 0 radical (unpaired) electrons. The van der Waals surface area contributed by atoms with E-state index in [9.17, 15) is 0 Å². The molecular weight excluding hydrogens is 242 g/mol. The van der Waals surface area contributed by atoms with Gasteiger partial charge >= 0.3 is 0 Å². The molecule has 1 aromatic heterocycles. The van der Waals surface area contributed by atoms with E-state index in [0.29, 0.717) is 6.04 Å². The molecule has 1 atom stereocenters. The number of nitrogens with one attached hydrogen (secondary N) is 1. The van der Waals surface area contributed by atoms with Gasteiger partial charge in [-0.25, -0.2) is 9.97 Å². The highest BCUT2D eigenvalue weighted by Crippen LogP contribution is 2.28. The van der Waals surface area contributed by atoms with Gasteiger partial charge in [0, 0.05) is 23.5 Å². The lowest BCUT2D eigenvalue weighted by atomic mass is 9.92. The molecule has 18 heavy (non-hydrogen) atoms. The first-order valence-electron chi connectivity index (χ1n) is 6.80. The summed E-state index contributed by atoms with van der Waals surface area (Å²) in [5.74, 6) is 3.85. The number of hydrogen-bond donors (Lipinski definition) is 1. The summed E-state index contributed by atoms with van der Waals surface area (Å²) in [6.07, 6.45) is 5.58. The van der Waals surface area contributed by atoms with Gasteiger partial charge in [0.15, 0.2) is 0 Å². The maximum Gasteiger partial charge on any atom is 0.138 e. The second-order valence-electron chi connectivity index (χ2n) is 5.33. The summed E-state index contributed by atoms with van der Waals surface area (Å²) >= 11 is 1.93. The molecule has 100 valence electrons. The summed E-state index contributed by atoms with van der Waals surface area (Å²) in [5.41, 5.74) is 2.57. The van der Waals surface area contributed by atoms with Crippen molar-refractivity contribution in [1.29, 1.82) is 0 Å². The van der Waals surface area contributed by atoms with E-state index in [-0.39, 0.29) is 0 Å². The zero-order valence-electron chi connectivity index (χ0n) is 11.6. The molecule has 0 amide bonds. The van der Waals surface area contributed by atoms with Crippen LogP contribution in [0.25, 0.3) is 0 Å². The third kappa shape index (κ3) is 3.45. The van der Waals surface area contributed by atoms with Crippen LogP contribution in [0.15, 0.2) is 6.20 Å². The average Bonchev–Trinajstić information content (AvgIpc) is 2.37. The molecule has 0 saturated carbocycles. The molecule has 0 fully saturated rings. The summed E-state index contributed by atoms with van der Waals surface area (Å²) in [7, 11) is 2.02. The molecule has 1 unspecified atom stereocenters. The van der Waals surface area contributed by atoms with Crippen LogP contribution in [-0.2, 0) is 12.2 Å². The number of aryl methyl sites for hydroxylation is 1. The lowest BCUT2D eigenvalue weighted by molar-refractivity contribution is 0.486. The van der Waals surface area contributed by atoms with Crippen molar-refractivity contribution in [2.45, 2.75) is 44.9 Å². The lowest BCUT2D eigenvalue weighted by Gasteiger charge is -2.24. The van der Waals surface area contributed by atoms with Gasteiger partial charge < -0.3 is 5.32 Å². The topological polar surface area (TPSA) is 37.8 Å². The monoisotopic (exact) mass is 265 g/mol. The Morgan fingerprint density at radius 3 is 3.06 bits per heavy atom. The Bertz CT molecular complexity index is 393. The molecule has 0 saturated heterocycles. The Morgan fingerprint density at radius 1 is 1.50 bits per heavy atom. The van der Waals surface area contributed by atoms with Crippen molar-refractivity contribution < 1.29 is 0 Å². The van der Waals surface area contributed by atoms with E-state index in [4.69, 9.17) is 4.98 Å². The van der Waals surface area contributed by atoms with Crippen molar-refractivity contribution >= 4 is 11.8 Å². The van der Waals surface area contributed by atoms with Crippen LogP contribution in [0.1, 0.15) is 49.8 Å². The maximum absolute atomic E-state index is 4.74. The Morgan fingerprint density at radius 2 is 2.33 bits per heavy atom. The minimum absolute atomic E-state index is 0.450. The van der Waals surface area contributed by atoms with Gasteiger partial charge in [-0.15, -0.1) is 0 Å². The van der Waals surface area contributed by atoms with Crippen LogP contribution in [-0.4, -0.2) is 22.8 Å². The first-order chi connectivity index (χ1) is 8.70. The predicted octanol–water partition coefficient (Wildman–Crippen LogP) is 2.96. The van der Waals surface area contributed by atoms with Crippen LogP contribution < -0.4 is 5.32 Å². The SMILES string of the molecule is CNC1CCCc2nc(CSCC(C)C)ncc21. The standard InChI is InChI=1S/C14H23N3S/c1-10(2)8-18-9-14-16-7-11-12(15-3)5-4-6-13(11)17-14/h7,10,12,15H,4-6,8-9H2,1-3H3. The first-order valence-corrected chi connectivity index (χ1v) is 7.96. The second-order valence-corrected chi connectivity index (χ2v) is 6.36. The van der Waals surface area contributed by atoms with Gasteiger partial charge in [-0.1, -0.05) is 13.8 Å². The summed E-state index contributed by atoms with van der Waals surface area (Å²) in [4.78, 5) is 9.25. The Kier molecular flexibility index (Phi) is 5.01. The largest absolute Gasteiger partial charge is 0.313 e. The van der Waals surface area contributed by atoms with Crippen molar-refractivity contribution in [3.8, 4) is 0 Å². The molecule has 4 heteroatoms. The number of rotatable bonds is 5. The van der Waals surface area contributed by atoms with Gasteiger partial charge in [-0.3, -0.25) is 0 Å². The number of hydrogen-bond acceptors (Lipinski definition) is 4. The van der Waals surface area contributed by atoms with E-state index >= 15 is 0 Å². The fourth-order valence-corrected chi connectivity index (χ4v) is 3.25. The molecule has 1 aliphatic carbocycles. The molecule has 3 nitrogen and oxygen atoms in total. The summed E-state index contributed by atoms with van der Waals surface area (Å²) in [6, 6.07) is 0.450. The van der Waals surface area contributed by atoms with E-state index in [2.05, 4.69) is 24.1 Å². The van der Waals surface area contributed by atoms with E-state index in [1.165, 1.54) is 29.9 Å². The zero-order chi connectivity index (χ0) is 13.0. The summed E-state index contributed by atoms with van der Waals surface area (Å²) < 4.78 is 0. The van der Waals surface area contributed by atoms with E-state index in [1.807, 2.05) is 25.0 Å². The van der Waals surface area contributed by atoms with Crippen LogP contribution in [0.4, 0.5) is 0 Å². The third-order valence-corrected chi connectivity index (χ3v) is 4.63. The molecule has 0 spiro atoms. The first kappa shape index (κ1) is 13.8. The van der Waals surface area contributed by atoms with Crippen molar-refractivity contribution in [2.75, 3.05) is 12.8 Å². The minimum Gasteiger partial charge on any atom is -0.313 e. The van der Waals surface area contributed by atoms with Crippen molar-refractivity contribution in [3.05, 3.63) is 23.3 Å². The molecular formula is C14H23N3S. The van der Waals surface area contributed by atoms with Crippen LogP contribution in [0.2, 0.25) is 0 Å². The zero-order valence-corrected chi connectivity index (χ0v) is 12.4. The highest BCUT2D eigenvalue weighted by molar-refractivity contribution is 7.98. The van der Waals surface area contributed by atoms with Crippen molar-refractivity contribution in [3.63, 3.8) is 0 Å². The normalized spacial score (nSPS) is 19.0.